The second-order valence-corrected chi connectivity index (χ2v) is 11.0. The molecule has 3 heterocycles. The third-order valence-electron chi connectivity index (χ3n) is 7.69. The van der Waals surface area contributed by atoms with Crippen molar-refractivity contribution in [1.82, 2.24) is 4.90 Å². The molecule has 6 nitrogen and oxygen atoms in total. The zero-order chi connectivity index (χ0) is 25.4. The summed E-state index contributed by atoms with van der Waals surface area (Å²) < 4.78 is 0. The maximum Gasteiger partial charge on any atom is 0.235 e. The van der Waals surface area contributed by atoms with Crippen LogP contribution < -0.4 is 10.6 Å². The fourth-order valence-corrected chi connectivity index (χ4v) is 6.71. The molecule has 3 aromatic rings. The molecule has 1 fully saturated rings. The molecule has 1 saturated heterocycles. The van der Waals surface area contributed by atoms with Gasteiger partial charge in [0.25, 0.3) is 0 Å². The highest BCUT2D eigenvalue weighted by molar-refractivity contribution is 7.10. The Morgan fingerprint density at radius 1 is 1.11 bits per heavy atom. The van der Waals surface area contributed by atoms with E-state index in [0.29, 0.717) is 5.56 Å². The van der Waals surface area contributed by atoms with E-state index in [1.807, 2.05) is 18.2 Å². The molecule has 0 aliphatic carbocycles. The second-order valence-electron chi connectivity index (χ2n) is 10.0. The van der Waals surface area contributed by atoms with E-state index in [-0.39, 0.29) is 23.7 Å². The SMILES string of the molecule is Cc1cccc(N2CCC([C@H]3C(=O)N(C)C(N)=N[C@]3(C)c3cc(-c4cccc(C#N)c4)cs3)CC2)c1. The van der Waals surface area contributed by atoms with Crippen LogP contribution in [0, 0.1) is 30.1 Å². The number of amides is 1. The number of carbonyl (C=O) groups excluding carboxylic acids is 1. The second kappa shape index (κ2) is 9.44. The van der Waals surface area contributed by atoms with Gasteiger partial charge in [0.15, 0.2) is 5.96 Å². The summed E-state index contributed by atoms with van der Waals surface area (Å²) in [6, 6.07) is 20.5. The molecular formula is C29H31N5OS. The molecule has 0 spiro atoms. The van der Waals surface area contributed by atoms with Crippen LogP contribution in [0.3, 0.4) is 0 Å². The molecule has 0 bridgehead atoms. The standard InChI is InChI=1S/C29H31N5OS/c1-19-6-4-9-24(14-19)34-12-10-21(11-13-34)26-27(35)33(3)28(31)32-29(26,2)25-16-23(18-36-25)22-8-5-7-20(15-22)17-30/h4-9,14-16,18,21,26H,10-13H2,1-3H3,(H2,31,32)/t26-,29+/m0/s1. The van der Waals surface area contributed by atoms with Crippen molar-refractivity contribution in [3.05, 3.63) is 76.0 Å². The molecule has 1 amide bonds. The lowest BCUT2D eigenvalue weighted by atomic mass is 9.70. The van der Waals surface area contributed by atoms with E-state index in [4.69, 9.17) is 10.7 Å². The van der Waals surface area contributed by atoms with E-state index in [9.17, 15) is 10.1 Å². The summed E-state index contributed by atoms with van der Waals surface area (Å²) >= 11 is 1.61. The first-order chi connectivity index (χ1) is 17.3. The van der Waals surface area contributed by atoms with Crippen LogP contribution in [0.4, 0.5) is 5.69 Å². The number of rotatable bonds is 4. The summed E-state index contributed by atoms with van der Waals surface area (Å²) in [6.45, 7) is 6.00. The van der Waals surface area contributed by atoms with Gasteiger partial charge in [0.2, 0.25) is 5.91 Å². The van der Waals surface area contributed by atoms with Gasteiger partial charge in [-0.1, -0.05) is 24.3 Å². The van der Waals surface area contributed by atoms with E-state index in [1.54, 1.807) is 24.5 Å². The highest BCUT2D eigenvalue weighted by Crippen LogP contribution is 2.47. The van der Waals surface area contributed by atoms with Gasteiger partial charge in [-0.15, -0.1) is 11.3 Å². The number of benzene rings is 2. The van der Waals surface area contributed by atoms with Gasteiger partial charge in [0.1, 0.15) is 5.54 Å². The van der Waals surface area contributed by atoms with Gasteiger partial charge in [0, 0.05) is 30.7 Å². The Labute approximate surface area is 216 Å². The molecule has 5 rings (SSSR count). The number of aryl methyl sites for hydroxylation is 1. The average Bonchev–Trinajstić information content (AvgIpc) is 3.39. The topological polar surface area (TPSA) is 85.7 Å². The number of nitrogens with two attached hydrogens (primary N) is 1. The van der Waals surface area contributed by atoms with Crippen LogP contribution >= 0.6 is 11.3 Å². The smallest absolute Gasteiger partial charge is 0.235 e. The highest BCUT2D eigenvalue weighted by Gasteiger charge is 2.51. The summed E-state index contributed by atoms with van der Waals surface area (Å²) in [5.74, 6) is 0.222. The largest absolute Gasteiger partial charge is 0.372 e. The summed E-state index contributed by atoms with van der Waals surface area (Å²) in [4.78, 5) is 23.6. The molecule has 0 radical (unpaired) electrons. The Morgan fingerprint density at radius 2 is 1.86 bits per heavy atom. The first-order valence-corrected chi connectivity index (χ1v) is 13.2. The number of thiophene rings is 1. The average molecular weight is 498 g/mol. The van der Waals surface area contributed by atoms with E-state index in [2.05, 4.69) is 60.5 Å². The number of anilines is 1. The van der Waals surface area contributed by atoms with Crippen LogP contribution in [0.5, 0.6) is 0 Å². The Morgan fingerprint density at radius 3 is 2.58 bits per heavy atom. The molecule has 2 aromatic carbocycles. The van der Waals surface area contributed by atoms with Crippen molar-refractivity contribution in [1.29, 1.82) is 5.26 Å². The van der Waals surface area contributed by atoms with Gasteiger partial charge in [-0.05, 0) is 85.0 Å². The third kappa shape index (κ3) is 4.27. The Bertz CT molecular complexity index is 1360. The molecule has 7 heteroatoms. The first kappa shape index (κ1) is 24.1. The summed E-state index contributed by atoms with van der Waals surface area (Å²) in [5.41, 5.74) is 10.7. The molecule has 2 aliphatic heterocycles. The third-order valence-corrected chi connectivity index (χ3v) is 8.85. The van der Waals surface area contributed by atoms with Crippen molar-refractivity contribution >= 4 is 28.9 Å². The van der Waals surface area contributed by atoms with Crippen LogP contribution in [-0.2, 0) is 10.3 Å². The van der Waals surface area contributed by atoms with Crippen molar-refractivity contribution < 1.29 is 4.79 Å². The van der Waals surface area contributed by atoms with Gasteiger partial charge in [0.05, 0.1) is 17.6 Å². The van der Waals surface area contributed by atoms with Crippen LogP contribution in [0.1, 0.15) is 35.8 Å². The molecule has 0 unspecified atom stereocenters. The van der Waals surface area contributed by atoms with E-state index >= 15 is 0 Å². The number of aliphatic imine (C=N–C) groups is 1. The Balaban J connectivity index is 1.45. The maximum absolute atomic E-state index is 13.7. The Hall–Kier alpha value is -3.63. The van der Waals surface area contributed by atoms with E-state index < -0.39 is 5.54 Å². The minimum Gasteiger partial charge on any atom is -0.372 e. The minimum absolute atomic E-state index is 0.0421. The summed E-state index contributed by atoms with van der Waals surface area (Å²) in [6.07, 6.45) is 1.84. The molecule has 2 aliphatic rings. The Kier molecular flexibility index (Phi) is 6.31. The first-order valence-electron chi connectivity index (χ1n) is 12.3. The summed E-state index contributed by atoms with van der Waals surface area (Å²) in [5, 5.41) is 11.4. The predicted octanol–water partition coefficient (Wildman–Crippen LogP) is 5.13. The number of carbonyl (C=O) groups is 1. The number of hydrogen-bond acceptors (Lipinski definition) is 6. The van der Waals surface area contributed by atoms with E-state index in [1.165, 1.54) is 16.2 Å². The fourth-order valence-electron chi connectivity index (χ4n) is 5.65. The molecular weight excluding hydrogens is 466 g/mol. The van der Waals surface area contributed by atoms with Crippen LogP contribution in [-0.4, -0.2) is 36.9 Å². The molecule has 2 N–H and O–H groups in total. The summed E-state index contributed by atoms with van der Waals surface area (Å²) in [7, 11) is 1.73. The van der Waals surface area contributed by atoms with Crippen molar-refractivity contribution in [3.8, 4) is 17.2 Å². The van der Waals surface area contributed by atoms with Crippen LogP contribution in [0.25, 0.3) is 11.1 Å². The van der Waals surface area contributed by atoms with Crippen LogP contribution in [0.2, 0.25) is 0 Å². The lowest BCUT2D eigenvalue weighted by Crippen LogP contribution is -2.56. The minimum atomic E-state index is -0.737. The molecule has 1 aromatic heterocycles. The van der Waals surface area contributed by atoms with Crippen molar-refractivity contribution in [2.75, 3.05) is 25.0 Å². The number of nitrogens with zero attached hydrogens (tertiary/aromatic N) is 4. The van der Waals surface area contributed by atoms with Gasteiger partial charge < -0.3 is 10.6 Å². The van der Waals surface area contributed by atoms with Gasteiger partial charge in [-0.2, -0.15) is 5.26 Å². The van der Waals surface area contributed by atoms with Crippen molar-refractivity contribution in [2.24, 2.45) is 22.6 Å². The molecule has 2 atom stereocenters. The van der Waals surface area contributed by atoms with E-state index in [0.717, 1.165) is 41.9 Å². The lowest BCUT2D eigenvalue weighted by Gasteiger charge is -2.46. The predicted molar refractivity (Wildman–Crippen MR) is 146 cm³/mol. The lowest BCUT2D eigenvalue weighted by molar-refractivity contribution is -0.136. The van der Waals surface area contributed by atoms with Crippen molar-refractivity contribution in [2.45, 2.75) is 32.2 Å². The quantitative estimate of drug-likeness (QED) is 0.541. The monoisotopic (exact) mass is 497 g/mol. The molecule has 0 saturated carbocycles. The van der Waals surface area contributed by atoms with Gasteiger partial charge in [-0.25, -0.2) is 4.99 Å². The van der Waals surface area contributed by atoms with Crippen molar-refractivity contribution in [3.63, 3.8) is 0 Å². The van der Waals surface area contributed by atoms with Crippen LogP contribution in [0.15, 0.2) is 65.0 Å². The fraction of sp³-hybridized carbons (Fsp3) is 0.345. The molecule has 184 valence electrons. The molecule has 36 heavy (non-hydrogen) atoms. The number of guanidine groups is 1. The highest BCUT2D eigenvalue weighted by atomic mass is 32.1. The maximum atomic E-state index is 13.7. The zero-order valence-corrected chi connectivity index (χ0v) is 21.8. The number of hydrogen-bond donors (Lipinski definition) is 1. The normalized spacial score (nSPS) is 22.9. The number of piperidine rings is 1. The van der Waals surface area contributed by atoms with Gasteiger partial charge in [-0.3, -0.25) is 9.69 Å². The van der Waals surface area contributed by atoms with Gasteiger partial charge >= 0.3 is 0 Å². The number of nitriles is 1. The zero-order valence-electron chi connectivity index (χ0n) is 20.9.